The van der Waals surface area contributed by atoms with Gasteiger partial charge in [-0.2, -0.15) is 0 Å². The minimum atomic E-state index is -0.292. The maximum absolute atomic E-state index is 12.3. The lowest BCUT2D eigenvalue weighted by atomic mass is 9.99. The summed E-state index contributed by atoms with van der Waals surface area (Å²) in [5.41, 5.74) is 2.09. The number of carbonyl (C=O) groups is 1. The third-order valence-electron chi connectivity index (χ3n) is 6.78. The number of likely N-dealkylation sites (tertiary alicyclic amines) is 2. The molecular weight excluding hydrogens is 350 g/mol. The van der Waals surface area contributed by atoms with Gasteiger partial charge in [0, 0.05) is 55.1 Å². The van der Waals surface area contributed by atoms with Crippen LogP contribution in [0.1, 0.15) is 31.4 Å². The molecule has 3 fully saturated rings. The zero-order chi connectivity index (χ0) is 19.1. The molecule has 1 aromatic carbocycles. The number of carbonyl (C=O) groups excluding carboxylic acids is 1. The van der Waals surface area contributed by atoms with Gasteiger partial charge in [0.15, 0.2) is 0 Å². The van der Waals surface area contributed by atoms with E-state index in [9.17, 15) is 9.90 Å². The number of aromatic nitrogens is 1. The maximum Gasteiger partial charge on any atom is 0.225 e. The van der Waals surface area contributed by atoms with Gasteiger partial charge in [0.05, 0.1) is 11.6 Å². The summed E-state index contributed by atoms with van der Waals surface area (Å²) in [5.74, 6) is 0.934. The predicted molar refractivity (Wildman–Crippen MR) is 109 cm³/mol. The van der Waals surface area contributed by atoms with Gasteiger partial charge in [0.2, 0.25) is 5.91 Å². The summed E-state index contributed by atoms with van der Waals surface area (Å²) < 4.78 is 0. The molecule has 1 amide bonds. The number of hydrogen-bond acceptors (Lipinski definition) is 4. The Kier molecular flexibility index (Phi) is 4.81. The summed E-state index contributed by atoms with van der Waals surface area (Å²) in [4.78, 5) is 21.6. The number of fused-ring (bicyclic) bond motifs is 1. The fraction of sp³-hybridized carbons (Fsp3) is 0.565. The van der Waals surface area contributed by atoms with Gasteiger partial charge in [-0.15, -0.1) is 0 Å². The van der Waals surface area contributed by atoms with E-state index in [1.54, 1.807) is 0 Å². The highest BCUT2D eigenvalue weighted by molar-refractivity contribution is 5.81. The smallest absolute Gasteiger partial charge is 0.225 e. The van der Waals surface area contributed by atoms with Crippen molar-refractivity contribution in [2.45, 2.75) is 44.2 Å². The largest absolute Gasteiger partial charge is 0.391 e. The monoisotopic (exact) mass is 379 g/mol. The van der Waals surface area contributed by atoms with Crippen LogP contribution >= 0.6 is 0 Å². The summed E-state index contributed by atoms with van der Waals surface area (Å²) in [5, 5.41) is 11.8. The van der Waals surface area contributed by atoms with Crippen LogP contribution in [0.5, 0.6) is 0 Å². The van der Waals surface area contributed by atoms with Gasteiger partial charge < -0.3 is 10.0 Å². The summed E-state index contributed by atoms with van der Waals surface area (Å²) in [6.07, 6.45) is 4.77. The van der Waals surface area contributed by atoms with E-state index in [1.807, 2.05) is 18.2 Å². The molecule has 2 atom stereocenters. The Morgan fingerprint density at radius 3 is 2.61 bits per heavy atom. The molecule has 28 heavy (non-hydrogen) atoms. The van der Waals surface area contributed by atoms with E-state index in [-0.39, 0.29) is 12.0 Å². The highest BCUT2D eigenvalue weighted by Crippen LogP contribution is 2.33. The Bertz CT molecular complexity index is 858. The Morgan fingerprint density at radius 1 is 1.04 bits per heavy atom. The van der Waals surface area contributed by atoms with E-state index < -0.39 is 0 Å². The number of β-amino-alcohol motifs (C(OH)–C–C–N with tert-alkyl or cyclic N) is 1. The van der Waals surface area contributed by atoms with Gasteiger partial charge >= 0.3 is 0 Å². The number of piperidine rings is 1. The average Bonchev–Trinajstić information content (AvgIpc) is 3.52. The number of aliphatic hydroxyl groups is 1. The van der Waals surface area contributed by atoms with Crippen molar-refractivity contribution < 1.29 is 9.90 Å². The van der Waals surface area contributed by atoms with Crippen molar-refractivity contribution in [3.63, 3.8) is 0 Å². The van der Waals surface area contributed by atoms with Crippen LogP contribution in [0.4, 0.5) is 0 Å². The topological polar surface area (TPSA) is 56.7 Å². The first kappa shape index (κ1) is 18.1. The Balaban J connectivity index is 1.18. The van der Waals surface area contributed by atoms with Crippen molar-refractivity contribution >= 4 is 16.8 Å². The van der Waals surface area contributed by atoms with E-state index in [0.717, 1.165) is 74.9 Å². The zero-order valence-electron chi connectivity index (χ0n) is 16.3. The lowest BCUT2D eigenvalue weighted by Crippen LogP contribution is -2.46. The highest BCUT2D eigenvalue weighted by Gasteiger charge is 2.39. The van der Waals surface area contributed by atoms with E-state index in [2.05, 4.69) is 28.0 Å². The van der Waals surface area contributed by atoms with Crippen molar-refractivity contribution in [1.29, 1.82) is 0 Å². The van der Waals surface area contributed by atoms with E-state index in [1.165, 1.54) is 0 Å². The first-order valence-corrected chi connectivity index (χ1v) is 10.7. The molecule has 3 heterocycles. The third-order valence-corrected chi connectivity index (χ3v) is 6.78. The molecule has 0 bridgehead atoms. The molecular formula is C23H29N3O2. The summed E-state index contributed by atoms with van der Waals surface area (Å²) in [6.45, 7) is 3.43. The van der Waals surface area contributed by atoms with Gasteiger partial charge in [0.25, 0.3) is 0 Å². The molecule has 2 aromatic rings. The van der Waals surface area contributed by atoms with Crippen molar-refractivity contribution in [1.82, 2.24) is 14.8 Å². The number of hydrogen-bond donors (Lipinski definition) is 1. The Labute approximate surface area is 166 Å². The SMILES string of the molecule is O=C(C1CC1)N1CCC(N2C[C@@H](Cc3ccc4ccccc4n3)[C@H](O)C2)CC1. The molecule has 0 spiro atoms. The van der Waals surface area contributed by atoms with Gasteiger partial charge in [-0.25, -0.2) is 0 Å². The molecule has 2 saturated heterocycles. The normalized spacial score (nSPS) is 26.8. The van der Waals surface area contributed by atoms with Crippen LogP contribution in [-0.4, -0.2) is 64.1 Å². The number of amides is 1. The van der Waals surface area contributed by atoms with Crippen molar-refractivity contribution in [2.75, 3.05) is 26.2 Å². The molecule has 0 unspecified atom stereocenters. The second kappa shape index (κ2) is 7.45. The second-order valence-corrected chi connectivity index (χ2v) is 8.81. The molecule has 3 aliphatic rings. The molecule has 5 rings (SSSR count). The number of nitrogens with zero attached hydrogens (tertiary/aromatic N) is 3. The van der Waals surface area contributed by atoms with Gasteiger partial charge in [-0.3, -0.25) is 14.7 Å². The average molecular weight is 380 g/mol. The minimum absolute atomic E-state index is 0.236. The van der Waals surface area contributed by atoms with Crippen molar-refractivity contribution in [2.24, 2.45) is 11.8 Å². The molecule has 2 aliphatic heterocycles. The number of benzene rings is 1. The predicted octanol–water partition coefficient (Wildman–Crippen LogP) is 2.47. The maximum atomic E-state index is 12.3. The van der Waals surface area contributed by atoms with Crippen molar-refractivity contribution in [3.8, 4) is 0 Å². The summed E-state index contributed by atoms with van der Waals surface area (Å²) in [6, 6.07) is 12.9. The number of aliphatic hydroxyl groups excluding tert-OH is 1. The lowest BCUT2D eigenvalue weighted by Gasteiger charge is -2.37. The highest BCUT2D eigenvalue weighted by atomic mass is 16.3. The Morgan fingerprint density at radius 2 is 1.82 bits per heavy atom. The number of rotatable bonds is 4. The van der Waals surface area contributed by atoms with Crippen LogP contribution in [0.3, 0.4) is 0 Å². The standard InChI is InChI=1S/C23H29N3O2/c27-22-15-26(20-9-11-25(12-10-20)23(28)17-5-6-17)14-18(22)13-19-8-7-16-3-1-2-4-21(16)24-19/h1-4,7-8,17-18,20,22,27H,5-6,9-15H2/t18-,22-/m1/s1. The molecule has 1 aromatic heterocycles. The molecule has 1 N–H and O–H groups in total. The Hall–Kier alpha value is -1.98. The second-order valence-electron chi connectivity index (χ2n) is 8.81. The van der Waals surface area contributed by atoms with Gasteiger partial charge in [-0.05, 0) is 44.2 Å². The number of para-hydroxylation sites is 1. The van der Waals surface area contributed by atoms with Crippen LogP contribution in [0.25, 0.3) is 10.9 Å². The molecule has 0 radical (unpaired) electrons. The van der Waals surface area contributed by atoms with E-state index in [0.29, 0.717) is 17.9 Å². The van der Waals surface area contributed by atoms with Crippen molar-refractivity contribution in [3.05, 3.63) is 42.1 Å². The first-order chi connectivity index (χ1) is 13.7. The van der Waals surface area contributed by atoms with E-state index in [4.69, 9.17) is 4.98 Å². The minimum Gasteiger partial charge on any atom is -0.391 e. The third kappa shape index (κ3) is 3.65. The fourth-order valence-corrected chi connectivity index (χ4v) is 4.92. The fourth-order valence-electron chi connectivity index (χ4n) is 4.92. The van der Waals surface area contributed by atoms with E-state index >= 15 is 0 Å². The molecule has 1 saturated carbocycles. The molecule has 1 aliphatic carbocycles. The van der Waals surface area contributed by atoms with Crippen LogP contribution < -0.4 is 0 Å². The first-order valence-electron chi connectivity index (χ1n) is 10.7. The van der Waals surface area contributed by atoms with Gasteiger partial charge in [0.1, 0.15) is 0 Å². The molecule has 148 valence electrons. The lowest BCUT2D eigenvalue weighted by molar-refractivity contribution is -0.134. The van der Waals surface area contributed by atoms with Crippen LogP contribution in [0.15, 0.2) is 36.4 Å². The molecule has 5 nitrogen and oxygen atoms in total. The zero-order valence-corrected chi connectivity index (χ0v) is 16.3. The molecule has 5 heteroatoms. The van der Waals surface area contributed by atoms with Gasteiger partial charge in [-0.1, -0.05) is 24.3 Å². The van der Waals surface area contributed by atoms with Crippen LogP contribution in [0, 0.1) is 11.8 Å². The van der Waals surface area contributed by atoms with Crippen LogP contribution in [0.2, 0.25) is 0 Å². The summed E-state index contributed by atoms with van der Waals surface area (Å²) >= 11 is 0. The van der Waals surface area contributed by atoms with Crippen LogP contribution in [-0.2, 0) is 11.2 Å². The summed E-state index contributed by atoms with van der Waals surface area (Å²) in [7, 11) is 0. The number of pyridine rings is 1. The quantitative estimate of drug-likeness (QED) is 0.887.